The lowest BCUT2D eigenvalue weighted by molar-refractivity contribution is 0.447. The Balaban J connectivity index is 2.26. The summed E-state index contributed by atoms with van der Waals surface area (Å²) >= 11 is 4.85. The van der Waals surface area contributed by atoms with Crippen LogP contribution in [0.3, 0.4) is 0 Å². The summed E-state index contributed by atoms with van der Waals surface area (Å²) in [5, 5.41) is 5.74. The van der Waals surface area contributed by atoms with Gasteiger partial charge in [0, 0.05) is 18.0 Å². The van der Waals surface area contributed by atoms with E-state index >= 15 is 0 Å². The summed E-state index contributed by atoms with van der Waals surface area (Å²) in [6.45, 7) is 0. The van der Waals surface area contributed by atoms with Crippen LogP contribution in [0.5, 0.6) is 0 Å². The van der Waals surface area contributed by atoms with Crippen LogP contribution >= 0.6 is 12.2 Å². The first-order chi connectivity index (χ1) is 7.22. The van der Waals surface area contributed by atoms with Crippen molar-refractivity contribution < 1.29 is 4.39 Å². The quantitative estimate of drug-likeness (QED) is 0.767. The lowest BCUT2D eigenvalue weighted by Gasteiger charge is -2.18. The van der Waals surface area contributed by atoms with E-state index in [0.717, 1.165) is 11.4 Å². The molecule has 1 N–H and O–H groups in total. The predicted molar refractivity (Wildman–Crippen MR) is 61.3 cm³/mol. The average Bonchev–Trinajstić information content (AvgIpc) is 2.61. The molecule has 0 aromatic heterocycles. The molecule has 1 atom stereocenters. The number of amidine groups is 1. The molecule has 3 nitrogen and oxygen atoms in total. The highest BCUT2D eigenvalue weighted by molar-refractivity contribution is 7.79. The highest BCUT2D eigenvalue weighted by Crippen LogP contribution is 2.11. The van der Waals surface area contributed by atoms with Gasteiger partial charge in [-0.3, -0.25) is 5.43 Å². The van der Waals surface area contributed by atoms with E-state index in [-0.39, 0.29) is 12.0 Å². The third kappa shape index (κ3) is 1.83. The molecular formula is C10H10FN3S. The molecule has 0 saturated heterocycles. The van der Waals surface area contributed by atoms with Crippen molar-refractivity contribution in [1.29, 1.82) is 0 Å². The van der Waals surface area contributed by atoms with Gasteiger partial charge in [0.1, 0.15) is 12.0 Å². The second-order valence-electron chi connectivity index (χ2n) is 3.26. The normalized spacial score (nSPS) is 19.7. The van der Waals surface area contributed by atoms with Crippen LogP contribution in [0.25, 0.3) is 0 Å². The topological polar surface area (TPSA) is 27.6 Å². The summed E-state index contributed by atoms with van der Waals surface area (Å²) in [6, 6.07) is 6.21. The van der Waals surface area contributed by atoms with Crippen LogP contribution in [0, 0.1) is 5.82 Å². The van der Waals surface area contributed by atoms with Gasteiger partial charge in [-0.25, -0.2) is 4.39 Å². The molecule has 0 spiro atoms. The summed E-state index contributed by atoms with van der Waals surface area (Å²) in [6.07, 6.45) is -0.0694. The Hall–Kier alpha value is -1.49. The molecule has 1 aliphatic rings. The maximum Gasteiger partial charge on any atom is 0.157 e. The lowest BCUT2D eigenvalue weighted by Crippen LogP contribution is -2.37. The maximum absolute atomic E-state index is 12.7. The highest BCUT2D eigenvalue weighted by atomic mass is 32.1. The standard InChI is InChI=1S/C10H10FN3S/c1-14-9(6-15)12-13-10(14)7-2-4-8(11)5-3-7/h2-6,9,12H,1H3. The number of benzene rings is 1. The summed E-state index contributed by atoms with van der Waals surface area (Å²) < 4.78 is 12.7. The van der Waals surface area contributed by atoms with Gasteiger partial charge in [0.05, 0.1) is 0 Å². The Morgan fingerprint density at radius 2 is 2.13 bits per heavy atom. The molecule has 1 aromatic rings. The van der Waals surface area contributed by atoms with Crippen LogP contribution in [0.2, 0.25) is 0 Å². The molecule has 15 heavy (non-hydrogen) atoms. The Labute approximate surface area is 92.6 Å². The van der Waals surface area contributed by atoms with Gasteiger partial charge in [0.15, 0.2) is 5.84 Å². The van der Waals surface area contributed by atoms with Gasteiger partial charge in [-0.15, -0.1) is 0 Å². The molecule has 2 rings (SSSR count). The van der Waals surface area contributed by atoms with Crippen LogP contribution < -0.4 is 5.43 Å². The third-order valence-corrected chi connectivity index (χ3v) is 2.54. The Morgan fingerprint density at radius 3 is 2.67 bits per heavy atom. The molecule has 0 bridgehead atoms. The van der Waals surface area contributed by atoms with Gasteiger partial charge in [-0.1, -0.05) is 12.2 Å². The van der Waals surface area contributed by atoms with Crippen molar-refractivity contribution in [3.05, 3.63) is 35.6 Å². The molecule has 0 saturated carbocycles. The number of hydrogen-bond donors (Lipinski definition) is 1. The summed E-state index contributed by atoms with van der Waals surface area (Å²) in [5.41, 5.74) is 3.75. The number of halogens is 1. The molecule has 1 aliphatic heterocycles. The van der Waals surface area contributed by atoms with E-state index in [2.05, 4.69) is 10.5 Å². The van der Waals surface area contributed by atoms with Crippen molar-refractivity contribution in [1.82, 2.24) is 10.3 Å². The fourth-order valence-electron chi connectivity index (χ4n) is 1.41. The SMILES string of the molecule is CN1C(c2ccc(F)cc2)=NNC1C=S. The maximum atomic E-state index is 12.7. The number of thiocarbonyl (C=S) groups is 1. The van der Waals surface area contributed by atoms with Crippen molar-refractivity contribution in [2.45, 2.75) is 6.17 Å². The minimum Gasteiger partial charge on any atom is -0.332 e. The van der Waals surface area contributed by atoms with Crippen LogP contribution in [0.1, 0.15) is 5.56 Å². The minimum atomic E-state index is -0.251. The van der Waals surface area contributed by atoms with E-state index in [1.165, 1.54) is 12.1 Å². The largest absolute Gasteiger partial charge is 0.332 e. The zero-order chi connectivity index (χ0) is 10.8. The Morgan fingerprint density at radius 1 is 1.47 bits per heavy atom. The average molecular weight is 223 g/mol. The molecule has 0 amide bonds. The van der Waals surface area contributed by atoms with E-state index < -0.39 is 0 Å². The molecule has 78 valence electrons. The summed E-state index contributed by atoms with van der Waals surface area (Å²) in [4.78, 5) is 1.90. The van der Waals surface area contributed by atoms with Crippen LogP contribution in [0.15, 0.2) is 29.4 Å². The van der Waals surface area contributed by atoms with Crippen molar-refractivity contribution >= 4 is 23.4 Å². The van der Waals surface area contributed by atoms with Crippen LogP contribution in [0.4, 0.5) is 4.39 Å². The molecule has 0 fully saturated rings. The first kappa shape index (κ1) is 10.0. The number of nitrogens with zero attached hydrogens (tertiary/aromatic N) is 2. The number of nitrogens with one attached hydrogen (secondary N) is 1. The summed E-state index contributed by atoms with van der Waals surface area (Å²) in [7, 11) is 1.88. The predicted octanol–water partition coefficient (Wildman–Crippen LogP) is 1.35. The van der Waals surface area contributed by atoms with E-state index in [1.807, 2.05) is 11.9 Å². The molecule has 1 unspecified atom stereocenters. The van der Waals surface area contributed by atoms with Gasteiger partial charge < -0.3 is 4.90 Å². The van der Waals surface area contributed by atoms with E-state index in [4.69, 9.17) is 12.2 Å². The Kier molecular flexibility index (Phi) is 2.64. The summed E-state index contributed by atoms with van der Waals surface area (Å²) in [5.74, 6) is 0.514. The first-order valence-corrected chi connectivity index (χ1v) is 4.97. The molecule has 0 radical (unpaired) electrons. The van der Waals surface area contributed by atoms with Crippen molar-refractivity contribution in [3.8, 4) is 0 Å². The monoisotopic (exact) mass is 223 g/mol. The zero-order valence-corrected chi connectivity index (χ0v) is 8.96. The van der Waals surface area contributed by atoms with Crippen molar-refractivity contribution in [3.63, 3.8) is 0 Å². The molecule has 1 aromatic carbocycles. The van der Waals surface area contributed by atoms with E-state index in [1.54, 1.807) is 17.5 Å². The first-order valence-electron chi connectivity index (χ1n) is 4.49. The van der Waals surface area contributed by atoms with Crippen LogP contribution in [-0.4, -0.2) is 29.3 Å². The van der Waals surface area contributed by atoms with Crippen molar-refractivity contribution in [2.24, 2.45) is 5.10 Å². The van der Waals surface area contributed by atoms with Crippen molar-refractivity contribution in [2.75, 3.05) is 7.05 Å². The fourth-order valence-corrected chi connectivity index (χ4v) is 1.66. The smallest absolute Gasteiger partial charge is 0.157 e. The minimum absolute atomic E-state index is 0.0694. The Bertz CT molecular complexity index is 402. The van der Waals surface area contributed by atoms with Gasteiger partial charge in [0.2, 0.25) is 0 Å². The van der Waals surface area contributed by atoms with Crippen LogP contribution in [-0.2, 0) is 0 Å². The van der Waals surface area contributed by atoms with Gasteiger partial charge in [0.25, 0.3) is 0 Å². The lowest BCUT2D eigenvalue weighted by atomic mass is 10.2. The van der Waals surface area contributed by atoms with Gasteiger partial charge in [-0.2, -0.15) is 5.10 Å². The molecule has 5 heteroatoms. The number of rotatable bonds is 2. The molecule has 0 aliphatic carbocycles. The second kappa shape index (κ2) is 3.94. The number of hydrogen-bond acceptors (Lipinski definition) is 4. The molecular weight excluding hydrogens is 213 g/mol. The zero-order valence-electron chi connectivity index (χ0n) is 8.14. The number of hydrazone groups is 1. The molecule has 1 heterocycles. The fraction of sp³-hybridized carbons (Fsp3) is 0.200. The van der Waals surface area contributed by atoms with E-state index in [9.17, 15) is 4.39 Å². The van der Waals surface area contributed by atoms with E-state index in [0.29, 0.717) is 0 Å². The highest BCUT2D eigenvalue weighted by Gasteiger charge is 2.22. The second-order valence-corrected chi connectivity index (χ2v) is 3.54. The third-order valence-electron chi connectivity index (χ3n) is 2.29. The van der Waals surface area contributed by atoms with Gasteiger partial charge >= 0.3 is 0 Å². The van der Waals surface area contributed by atoms with Gasteiger partial charge in [-0.05, 0) is 24.3 Å².